The van der Waals surface area contributed by atoms with E-state index < -0.39 is 10.0 Å². The molecular weight excluding hydrogens is 342 g/mol. The van der Waals surface area contributed by atoms with Crippen LogP contribution >= 0.6 is 11.6 Å². The number of hydrogen-bond acceptors (Lipinski definition) is 2. The van der Waals surface area contributed by atoms with Crippen molar-refractivity contribution in [1.29, 1.82) is 0 Å². The fourth-order valence-electron chi connectivity index (χ4n) is 2.43. The fraction of sp³-hybridized carbons (Fsp3) is 0.0526. The average Bonchev–Trinajstić information content (AvgIpc) is 2.61. The lowest BCUT2D eigenvalue weighted by Gasteiger charge is -2.24. The number of rotatable bonds is 5. The molecular formula is C19H16ClNO2S. The van der Waals surface area contributed by atoms with Crippen molar-refractivity contribution in [3.05, 3.63) is 95.5 Å². The van der Waals surface area contributed by atoms with E-state index in [1.54, 1.807) is 54.6 Å². The second-order valence-corrected chi connectivity index (χ2v) is 7.59. The van der Waals surface area contributed by atoms with Crippen LogP contribution < -0.4 is 4.31 Å². The summed E-state index contributed by atoms with van der Waals surface area (Å²) in [6.07, 6.45) is 0. The van der Waals surface area contributed by atoms with Gasteiger partial charge >= 0.3 is 0 Å². The molecule has 0 N–H and O–H groups in total. The minimum Gasteiger partial charge on any atom is -0.262 e. The topological polar surface area (TPSA) is 37.4 Å². The highest BCUT2D eigenvalue weighted by Crippen LogP contribution is 2.26. The number of anilines is 1. The maximum atomic E-state index is 13.1. The van der Waals surface area contributed by atoms with Gasteiger partial charge in [0.25, 0.3) is 10.0 Å². The second kappa shape index (κ2) is 7.07. The van der Waals surface area contributed by atoms with Crippen LogP contribution in [0.5, 0.6) is 0 Å². The molecule has 0 spiro atoms. The summed E-state index contributed by atoms with van der Waals surface area (Å²) in [5.74, 6) is 0. The van der Waals surface area contributed by atoms with Crippen molar-refractivity contribution in [1.82, 2.24) is 0 Å². The maximum Gasteiger partial charge on any atom is 0.264 e. The van der Waals surface area contributed by atoms with Crippen LogP contribution in [0.1, 0.15) is 5.56 Å². The van der Waals surface area contributed by atoms with Crippen molar-refractivity contribution in [2.75, 3.05) is 4.31 Å². The van der Waals surface area contributed by atoms with E-state index in [0.29, 0.717) is 10.7 Å². The Labute approximate surface area is 147 Å². The van der Waals surface area contributed by atoms with E-state index in [1.807, 2.05) is 30.3 Å². The van der Waals surface area contributed by atoms with Gasteiger partial charge in [-0.3, -0.25) is 4.31 Å². The lowest BCUT2D eigenvalue weighted by atomic mass is 10.2. The first-order valence-corrected chi connectivity index (χ1v) is 9.26. The van der Waals surface area contributed by atoms with E-state index in [9.17, 15) is 8.42 Å². The molecule has 5 heteroatoms. The molecule has 0 saturated heterocycles. The number of halogens is 1. The van der Waals surface area contributed by atoms with Crippen LogP contribution in [0.15, 0.2) is 89.8 Å². The lowest BCUT2D eigenvalue weighted by Crippen LogP contribution is -2.30. The molecule has 3 nitrogen and oxygen atoms in total. The monoisotopic (exact) mass is 357 g/mol. The Balaban J connectivity index is 2.06. The zero-order chi connectivity index (χ0) is 17.0. The Kier molecular flexibility index (Phi) is 4.88. The molecule has 3 rings (SSSR count). The van der Waals surface area contributed by atoms with Gasteiger partial charge in [-0.25, -0.2) is 8.42 Å². The third-order valence-electron chi connectivity index (χ3n) is 3.59. The van der Waals surface area contributed by atoms with Crippen molar-refractivity contribution in [3.8, 4) is 0 Å². The predicted octanol–water partition coefficient (Wildman–Crippen LogP) is 4.74. The van der Waals surface area contributed by atoms with Crippen LogP contribution in [-0.4, -0.2) is 8.42 Å². The maximum absolute atomic E-state index is 13.1. The average molecular weight is 358 g/mol. The molecule has 0 saturated carbocycles. The highest BCUT2D eigenvalue weighted by atomic mass is 35.5. The smallest absolute Gasteiger partial charge is 0.262 e. The van der Waals surface area contributed by atoms with Gasteiger partial charge in [0.05, 0.1) is 17.1 Å². The Bertz CT molecular complexity index is 912. The fourth-order valence-corrected chi connectivity index (χ4v) is 4.12. The van der Waals surface area contributed by atoms with Gasteiger partial charge in [-0.15, -0.1) is 0 Å². The second-order valence-electron chi connectivity index (χ2n) is 5.29. The van der Waals surface area contributed by atoms with E-state index in [0.717, 1.165) is 5.56 Å². The van der Waals surface area contributed by atoms with Gasteiger partial charge in [0.1, 0.15) is 0 Å². The van der Waals surface area contributed by atoms with Crippen LogP contribution in [0.25, 0.3) is 0 Å². The number of sulfonamides is 1. The highest BCUT2D eigenvalue weighted by Gasteiger charge is 2.24. The molecule has 3 aromatic carbocycles. The predicted molar refractivity (Wildman–Crippen MR) is 97.7 cm³/mol. The number of nitrogens with zero attached hydrogens (tertiary/aromatic N) is 1. The van der Waals surface area contributed by atoms with Crippen molar-refractivity contribution in [3.63, 3.8) is 0 Å². The normalized spacial score (nSPS) is 11.2. The molecule has 0 unspecified atom stereocenters. The van der Waals surface area contributed by atoms with Gasteiger partial charge in [-0.2, -0.15) is 0 Å². The molecule has 3 aromatic rings. The quantitative estimate of drug-likeness (QED) is 0.661. The van der Waals surface area contributed by atoms with E-state index in [4.69, 9.17) is 11.6 Å². The SMILES string of the molecule is O=S(=O)(c1ccccc1)N(Cc1cccc(Cl)c1)c1ccccc1. The molecule has 0 fully saturated rings. The molecule has 0 atom stereocenters. The van der Waals surface area contributed by atoms with Crippen molar-refractivity contribution < 1.29 is 8.42 Å². The van der Waals surface area contributed by atoms with E-state index >= 15 is 0 Å². The largest absolute Gasteiger partial charge is 0.264 e. The Hall–Kier alpha value is -2.30. The van der Waals surface area contributed by atoms with Gasteiger partial charge in [-0.1, -0.05) is 60.1 Å². The van der Waals surface area contributed by atoms with Crippen LogP contribution in [0, 0.1) is 0 Å². The van der Waals surface area contributed by atoms with Gasteiger partial charge < -0.3 is 0 Å². The summed E-state index contributed by atoms with van der Waals surface area (Å²) in [6, 6.07) is 24.7. The van der Waals surface area contributed by atoms with Crippen molar-refractivity contribution >= 4 is 27.3 Å². The number of para-hydroxylation sites is 1. The van der Waals surface area contributed by atoms with Gasteiger partial charge in [0.2, 0.25) is 0 Å². The molecule has 0 aromatic heterocycles. The molecule has 0 aliphatic rings. The third-order valence-corrected chi connectivity index (χ3v) is 5.61. The minimum absolute atomic E-state index is 0.210. The summed E-state index contributed by atoms with van der Waals surface area (Å²) in [7, 11) is -3.67. The zero-order valence-electron chi connectivity index (χ0n) is 12.8. The third kappa shape index (κ3) is 3.61. The summed E-state index contributed by atoms with van der Waals surface area (Å²) < 4.78 is 27.6. The first-order chi connectivity index (χ1) is 11.6. The van der Waals surface area contributed by atoms with Crippen molar-refractivity contribution in [2.24, 2.45) is 0 Å². The molecule has 0 heterocycles. The van der Waals surface area contributed by atoms with Crippen LogP contribution in [-0.2, 0) is 16.6 Å². The standard InChI is InChI=1S/C19H16ClNO2S/c20-17-9-7-8-16(14-17)15-21(18-10-3-1-4-11-18)24(22,23)19-12-5-2-6-13-19/h1-14H,15H2. The summed E-state index contributed by atoms with van der Waals surface area (Å²) in [4.78, 5) is 0.260. The molecule has 24 heavy (non-hydrogen) atoms. The van der Waals surface area contributed by atoms with Gasteiger partial charge in [-0.05, 0) is 42.0 Å². The van der Waals surface area contributed by atoms with Gasteiger partial charge in [0.15, 0.2) is 0 Å². The molecule has 0 aliphatic heterocycles. The number of hydrogen-bond donors (Lipinski definition) is 0. The Morgan fingerprint density at radius 1 is 0.792 bits per heavy atom. The lowest BCUT2D eigenvalue weighted by molar-refractivity contribution is 0.590. The summed E-state index contributed by atoms with van der Waals surface area (Å²) in [5, 5.41) is 0.581. The van der Waals surface area contributed by atoms with Crippen LogP contribution in [0.2, 0.25) is 5.02 Å². The first-order valence-electron chi connectivity index (χ1n) is 7.45. The van der Waals surface area contributed by atoms with Crippen LogP contribution in [0.4, 0.5) is 5.69 Å². The van der Waals surface area contributed by atoms with Gasteiger partial charge in [0, 0.05) is 5.02 Å². The Morgan fingerprint density at radius 3 is 2.04 bits per heavy atom. The number of benzene rings is 3. The molecule has 0 amide bonds. The Morgan fingerprint density at radius 2 is 1.42 bits per heavy atom. The summed E-state index contributed by atoms with van der Waals surface area (Å²) >= 11 is 6.04. The molecule has 0 radical (unpaired) electrons. The van der Waals surface area contributed by atoms with E-state index in [1.165, 1.54) is 4.31 Å². The van der Waals surface area contributed by atoms with E-state index in [-0.39, 0.29) is 11.4 Å². The summed E-state index contributed by atoms with van der Waals surface area (Å²) in [6.45, 7) is 0.210. The first kappa shape index (κ1) is 16.6. The van der Waals surface area contributed by atoms with E-state index in [2.05, 4.69) is 0 Å². The molecule has 122 valence electrons. The highest BCUT2D eigenvalue weighted by molar-refractivity contribution is 7.92. The van der Waals surface area contributed by atoms with Crippen LogP contribution in [0.3, 0.4) is 0 Å². The molecule has 0 aliphatic carbocycles. The zero-order valence-corrected chi connectivity index (χ0v) is 14.4. The van der Waals surface area contributed by atoms with Crippen molar-refractivity contribution in [2.45, 2.75) is 11.4 Å². The molecule has 0 bridgehead atoms. The minimum atomic E-state index is -3.67. The summed E-state index contributed by atoms with van der Waals surface area (Å²) in [5.41, 5.74) is 1.44.